The van der Waals surface area contributed by atoms with Gasteiger partial charge >= 0.3 is 0 Å². The first kappa shape index (κ1) is 10.3. The first-order valence-electron chi connectivity index (χ1n) is 5.44. The molecular formula is C15H10ClN. The predicted molar refractivity (Wildman–Crippen MR) is 72.2 cm³/mol. The molecule has 1 aromatic heterocycles. The molecule has 0 aliphatic heterocycles. The van der Waals surface area contributed by atoms with Gasteiger partial charge in [0.05, 0.1) is 5.52 Å². The van der Waals surface area contributed by atoms with Crippen LogP contribution in [0.2, 0.25) is 5.02 Å². The molecule has 0 atom stereocenters. The molecule has 0 bridgehead atoms. The third kappa shape index (κ3) is 1.90. The summed E-state index contributed by atoms with van der Waals surface area (Å²) in [6, 6.07) is 18.0. The number of pyridine rings is 1. The lowest BCUT2D eigenvalue weighted by atomic mass is 10.0. The van der Waals surface area contributed by atoms with Gasteiger partial charge in [-0.3, -0.25) is 4.98 Å². The molecule has 0 radical (unpaired) electrons. The van der Waals surface area contributed by atoms with Gasteiger partial charge in [0.15, 0.2) is 0 Å². The Kier molecular flexibility index (Phi) is 2.54. The molecule has 82 valence electrons. The van der Waals surface area contributed by atoms with E-state index < -0.39 is 0 Å². The number of hydrogen-bond acceptors (Lipinski definition) is 1. The zero-order valence-corrected chi connectivity index (χ0v) is 9.85. The van der Waals surface area contributed by atoms with Crippen molar-refractivity contribution in [3.05, 3.63) is 65.8 Å². The molecule has 2 heteroatoms. The number of halogens is 1. The van der Waals surface area contributed by atoms with E-state index >= 15 is 0 Å². The molecule has 0 amide bonds. The SMILES string of the molecule is Clc1cccc(-c2ccnc3ccccc23)c1. The number of nitrogens with zero attached hydrogens (tertiary/aromatic N) is 1. The van der Waals surface area contributed by atoms with Crippen LogP contribution >= 0.6 is 11.6 Å². The Hall–Kier alpha value is -1.86. The highest BCUT2D eigenvalue weighted by Gasteiger charge is 2.03. The van der Waals surface area contributed by atoms with Crippen molar-refractivity contribution in [3.8, 4) is 11.1 Å². The van der Waals surface area contributed by atoms with Gasteiger partial charge in [0.1, 0.15) is 0 Å². The van der Waals surface area contributed by atoms with E-state index in [9.17, 15) is 0 Å². The smallest absolute Gasteiger partial charge is 0.0708 e. The van der Waals surface area contributed by atoms with E-state index in [1.807, 2.05) is 48.7 Å². The number of rotatable bonds is 1. The topological polar surface area (TPSA) is 12.9 Å². The van der Waals surface area contributed by atoms with Crippen molar-refractivity contribution in [2.45, 2.75) is 0 Å². The Labute approximate surface area is 105 Å². The van der Waals surface area contributed by atoms with Crippen molar-refractivity contribution in [2.24, 2.45) is 0 Å². The second-order valence-electron chi connectivity index (χ2n) is 3.89. The van der Waals surface area contributed by atoms with Crippen molar-refractivity contribution in [1.29, 1.82) is 0 Å². The maximum absolute atomic E-state index is 6.03. The van der Waals surface area contributed by atoms with Crippen LogP contribution in [-0.4, -0.2) is 4.98 Å². The monoisotopic (exact) mass is 239 g/mol. The average molecular weight is 240 g/mol. The maximum atomic E-state index is 6.03. The minimum absolute atomic E-state index is 0.753. The van der Waals surface area contributed by atoms with Crippen LogP contribution in [0.25, 0.3) is 22.0 Å². The van der Waals surface area contributed by atoms with Gasteiger partial charge < -0.3 is 0 Å². The van der Waals surface area contributed by atoms with Gasteiger partial charge in [0, 0.05) is 16.6 Å². The van der Waals surface area contributed by atoms with Crippen LogP contribution in [0.1, 0.15) is 0 Å². The Bertz CT molecular complexity index is 671. The molecule has 0 aliphatic rings. The van der Waals surface area contributed by atoms with E-state index in [0.717, 1.165) is 27.1 Å². The summed E-state index contributed by atoms with van der Waals surface area (Å²) < 4.78 is 0. The van der Waals surface area contributed by atoms with Gasteiger partial charge in [-0.25, -0.2) is 0 Å². The molecule has 0 spiro atoms. The van der Waals surface area contributed by atoms with Gasteiger partial charge in [0.25, 0.3) is 0 Å². The van der Waals surface area contributed by atoms with Gasteiger partial charge in [-0.1, -0.05) is 41.9 Å². The van der Waals surface area contributed by atoms with E-state index in [4.69, 9.17) is 11.6 Å². The molecule has 3 aromatic rings. The minimum atomic E-state index is 0.753. The second-order valence-corrected chi connectivity index (χ2v) is 4.32. The lowest BCUT2D eigenvalue weighted by Gasteiger charge is -2.06. The van der Waals surface area contributed by atoms with E-state index in [1.54, 1.807) is 0 Å². The molecule has 1 heterocycles. The van der Waals surface area contributed by atoms with Crippen molar-refractivity contribution in [2.75, 3.05) is 0 Å². The molecule has 0 N–H and O–H groups in total. The zero-order chi connectivity index (χ0) is 11.7. The molecule has 2 aromatic carbocycles. The Morgan fingerprint density at radius 3 is 2.65 bits per heavy atom. The van der Waals surface area contributed by atoms with Crippen LogP contribution in [0.3, 0.4) is 0 Å². The summed E-state index contributed by atoms with van der Waals surface area (Å²) in [6.45, 7) is 0. The normalized spacial score (nSPS) is 10.6. The first-order chi connectivity index (χ1) is 8.34. The highest BCUT2D eigenvalue weighted by molar-refractivity contribution is 6.30. The molecule has 17 heavy (non-hydrogen) atoms. The summed E-state index contributed by atoms with van der Waals surface area (Å²) >= 11 is 6.03. The van der Waals surface area contributed by atoms with Crippen LogP contribution < -0.4 is 0 Å². The highest BCUT2D eigenvalue weighted by atomic mass is 35.5. The highest BCUT2D eigenvalue weighted by Crippen LogP contribution is 2.28. The third-order valence-corrected chi connectivity index (χ3v) is 3.02. The molecule has 0 aliphatic carbocycles. The van der Waals surface area contributed by atoms with Gasteiger partial charge in [0.2, 0.25) is 0 Å². The fraction of sp³-hybridized carbons (Fsp3) is 0. The van der Waals surface area contributed by atoms with Crippen LogP contribution in [0, 0.1) is 0 Å². The largest absolute Gasteiger partial charge is 0.256 e. The Morgan fingerprint density at radius 1 is 0.882 bits per heavy atom. The van der Waals surface area contributed by atoms with Gasteiger partial charge in [-0.2, -0.15) is 0 Å². The first-order valence-corrected chi connectivity index (χ1v) is 5.82. The van der Waals surface area contributed by atoms with Crippen LogP contribution in [-0.2, 0) is 0 Å². The summed E-state index contributed by atoms with van der Waals surface area (Å²) in [5.74, 6) is 0. The van der Waals surface area contributed by atoms with Crippen LogP contribution in [0.4, 0.5) is 0 Å². The molecular weight excluding hydrogens is 230 g/mol. The molecule has 1 nitrogen and oxygen atoms in total. The number of fused-ring (bicyclic) bond motifs is 1. The Balaban J connectivity index is 2.30. The van der Waals surface area contributed by atoms with E-state index in [-0.39, 0.29) is 0 Å². The zero-order valence-electron chi connectivity index (χ0n) is 9.10. The molecule has 0 fully saturated rings. The van der Waals surface area contributed by atoms with Crippen LogP contribution in [0.15, 0.2) is 60.8 Å². The number of aromatic nitrogens is 1. The lowest BCUT2D eigenvalue weighted by Crippen LogP contribution is -1.83. The summed E-state index contributed by atoms with van der Waals surface area (Å²) in [4.78, 5) is 4.36. The fourth-order valence-electron chi connectivity index (χ4n) is 2.00. The number of benzene rings is 2. The summed E-state index contributed by atoms with van der Waals surface area (Å²) in [5, 5.41) is 1.90. The molecule has 0 saturated heterocycles. The minimum Gasteiger partial charge on any atom is -0.256 e. The van der Waals surface area contributed by atoms with Gasteiger partial charge in [-0.05, 0) is 35.4 Å². The number of hydrogen-bond donors (Lipinski definition) is 0. The molecule has 3 rings (SSSR count). The van der Waals surface area contributed by atoms with Crippen molar-refractivity contribution in [3.63, 3.8) is 0 Å². The number of para-hydroxylation sites is 1. The Morgan fingerprint density at radius 2 is 1.76 bits per heavy atom. The van der Waals surface area contributed by atoms with E-state index in [0.29, 0.717) is 0 Å². The summed E-state index contributed by atoms with van der Waals surface area (Å²) in [5.41, 5.74) is 3.29. The van der Waals surface area contributed by atoms with Gasteiger partial charge in [-0.15, -0.1) is 0 Å². The molecule has 0 unspecified atom stereocenters. The quantitative estimate of drug-likeness (QED) is 0.607. The van der Waals surface area contributed by atoms with Crippen molar-refractivity contribution < 1.29 is 0 Å². The maximum Gasteiger partial charge on any atom is 0.0708 e. The fourth-order valence-corrected chi connectivity index (χ4v) is 2.19. The summed E-state index contributed by atoms with van der Waals surface area (Å²) in [6.07, 6.45) is 1.83. The molecule has 0 saturated carbocycles. The average Bonchev–Trinajstić information content (AvgIpc) is 2.38. The summed E-state index contributed by atoms with van der Waals surface area (Å²) in [7, 11) is 0. The van der Waals surface area contributed by atoms with E-state index in [2.05, 4.69) is 17.1 Å². The third-order valence-electron chi connectivity index (χ3n) is 2.78. The standard InChI is InChI=1S/C15H10ClN/c16-12-5-3-4-11(10-12)13-8-9-17-15-7-2-1-6-14(13)15/h1-10H. The second kappa shape index (κ2) is 4.19. The van der Waals surface area contributed by atoms with Crippen molar-refractivity contribution >= 4 is 22.5 Å². The van der Waals surface area contributed by atoms with Crippen molar-refractivity contribution in [1.82, 2.24) is 4.98 Å². The van der Waals surface area contributed by atoms with Crippen LogP contribution in [0.5, 0.6) is 0 Å². The predicted octanol–water partition coefficient (Wildman–Crippen LogP) is 4.56. The van der Waals surface area contributed by atoms with E-state index in [1.165, 1.54) is 0 Å². The lowest BCUT2D eigenvalue weighted by molar-refractivity contribution is 1.41.